The SMILES string of the molecule is CC(C)(C)c1sc2ncnc(Oc3cccc(F)c3)c2c1-c1ccc(Cl)c(Cl)c1. The minimum atomic E-state index is -0.377. The molecule has 0 saturated heterocycles. The monoisotopic (exact) mass is 446 g/mol. The fourth-order valence-corrected chi connectivity index (χ4v) is 4.59. The van der Waals surface area contributed by atoms with Crippen LogP contribution >= 0.6 is 34.5 Å². The van der Waals surface area contributed by atoms with Crippen molar-refractivity contribution in [3.05, 3.63) is 69.5 Å². The molecule has 7 heteroatoms. The van der Waals surface area contributed by atoms with Gasteiger partial charge in [-0.05, 0) is 35.2 Å². The zero-order valence-electron chi connectivity index (χ0n) is 16.0. The Hall–Kier alpha value is -2.21. The third-order valence-electron chi connectivity index (χ3n) is 4.35. The second kappa shape index (κ2) is 7.56. The zero-order chi connectivity index (χ0) is 20.8. The lowest BCUT2D eigenvalue weighted by Gasteiger charge is -2.19. The first-order valence-electron chi connectivity index (χ1n) is 8.91. The number of halogens is 3. The van der Waals surface area contributed by atoms with Crippen LogP contribution in [0.15, 0.2) is 48.8 Å². The Balaban J connectivity index is 1.99. The second-order valence-electron chi connectivity index (χ2n) is 7.60. The summed E-state index contributed by atoms with van der Waals surface area (Å²) in [6.45, 7) is 6.41. The molecule has 0 unspecified atom stereocenters. The highest BCUT2D eigenvalue weighted by molar-refractivity contribution is 7.19. The minimum absolute atomic E-state index is 0.150. The molecule has 2 heterocycles. The Labute approximate surface area is 182 Å². The first-order chi connectivity index (χ1) is 13.7. The van der Waals surface area contributed by atoms with Crippen LogP contribution in [-0.4, -0.2) is 9.97 Å². The Bertz CT molecular complexity index is 1220. The quantitative estimate of drug-likeness (QED) is 0.320. The molecular weight excluding hydrogens is 430 g/mol. The number of benzene rings is 2. The fraction of sp³-hybridized carbons (Fsp3) is 0.182. The third-order valence-corrected chi connectivity index (χ3v) is 6.62. The summed E-state index contributed by atoms with van der Waals surface area (Å²) < 4.78 is 19.6. The number of hydrogen-bond donors (Lipinski definition) is 0. The van der Waals surface area contributed by atoms with Gasteiger partial charge in [-0.25, -0.2) is 14.4 Å². The van der Waals surface area contributed by atoms with E-state index in [9.17, 15) is 4.39 Å². The maximum Gasteiger partial charge on any atom is 0.231 e. The van der Waals surface area contributed by atoms with Gasteiger partial charge < -0.3 is 4.74 Å². The molecule has 0 saturated carbocycles. The maximum absolute atomic E-state index is 13.6. The molecule has 0 aliphatic carbocycles. The average molecular weight is 447 g/mol. The van der Waals surface area contributed by atoms with Crippen molar-refractivity contribution in [3.63, 3.8) is 0 Å². The van der Waals surface area contributed by atoms with Crippen molar-refractivity contribution in [2.45, 2.75) is 26.2 Å². The minimum Gasteiger partial charge on any atom is -0.438 e. The predicted octanol–water partition coefficient (Wildman–Crippen LogP) is 7.89. The largest absolute Gasteiger partial charge is 0.438 e. The highest BCUT2D eigenvalue weighted by Gasteiger charge is 2.27. The van der Waals surface area contributed by atoms with Gasteiger partial charge >= 0.3 is 0 Å². The van der Waals surface area contributed by atoms with Gasteiger partial charge in [0.25, 0.3) is 0 Å². The van der Waals surface area contributed by atoms with Gasteiger partial charge in [0.1, 0.15) is 22.7 Å². The van der Waals surface area contributed by atoms with E-state index in [-0.39, 0.29) is 11.2 Å². The van der Waals surface area contributed by atoms with E-state index in [1.165, 1.54) is 18.5 Å². The Morgan fingerprint density at radius 2 is 1.79 bits per heavy atom. The van der Waals surface area contributed by atoms with E-state index < -0.39 is 0 Å². The topological polar surface area (TPSA) is 35.0 Å². The van der Waals surface area contributed by atoms with Gasteiger partial charge in [-0.15, -0.1) is 11.3 Å². The van der Waals surface area contributed by atoms with Crippen molar-refractivity contribution in [1.29, 1.82) is 0 Å². The number of aromatic nitrogens is 2. The molecule has 29 heavy (non-hydrogen) atoms. The second-order valence-corrected chi connectivity index (χ2v) is 9.42. The van der Waals surface area contributed by atoms with Crippen molar-refractivity contribution in [3.8, 4) is 22.8 Å². The van der Waals surface area contributed by atoms with Crippen molar-refractivity contribution in [2.75, 3.05) is 0 Å². The molecule has 0 atom stereocenters. The summed E-state index contributed by atoms with van der Waals surface area (Å²) in [7, 11) is 0. The molecule has 0 amide bonds. The highest BCUT2D eigenvalue weighted by Crippen LogP contribution is 2.47. The summed E-state index contributed by atoms with van der Waals surface area (Å²) in [5.41, 5.74) is 1.70. The van der Waals surface area contributed by atoms with Crippen LogP contribution in [0.2, 0.25) is 10.0 Å². The van der Waals surface area contributed by atoms with Gasteiger partial charge in [-0.1, -0.05) is 56.1 Å². The molecule has 4 rings (SSSR count). The highest BCUT2D eigenvalue weighted by atomic mass is 35.5. The number of fused-ring (bicyclic) bond motifs is 1. The molecule has 4 aromatic rings. The number of rotatable bonds is 3. The predicted molar refractivity (Wildman–Crippen MR) is 118 cm³/mol. The standard InChI is InChI=1S/C22H17Cl2FN2OS/c1-22(2,3)19-17(12-7-8-15(23)16(24)9-12)18-20(26-11-27-21(18)29-19)28-14-6-4-5-13(25)10-14/h4-11H,1-3H3. The fourth-order valence-electron chi connectivity index (χ4n) is 3.08. The van der Waals surface area contributed by atoms with E-state index in [2.05, 4.69) is 30.7 Å². The summed E-state index contributed by atoms with van der Waals surface area (Å²) in [6.07, 6.45) is 1.46. The molecule has 0 radical (unpaired) electrons. The Morgan fingerprint density at radius 3 is 2.48 bits per heavy atom. The van der Waals surface area contributed by atoms with Gasteiger partial charge in [0.15, 0.2) is 0 Å². The van der Waals surface area contributed by atoms with Crippen LogP contribution in [0.3, 0.4) is 0 Å². The molecule has 0 aliphatic rings. The molecule has 0 N–H and O–H groups in total. The lowest BCUT2D eigenvalue weighted by atomic mass is 9.88. The van der Waals surface area contributed by atoms with Gasteiger partial charge in [0, 0.05) is 16.5 Å². The van der Waals surface area contributed by atoms with E-state index in [1.807, 2.05) is 12.1 Å². The van der Waals surface area contributed by atoms with E-state index in [4.69, 9.17) is 27.9 Å². The zero-order valence-corrected chi connectivity index (χ0v) is 18.3. The van der Waals surface area contributed by atoms with E-state index in [1.54, 1.807) is 29.5 Å². The number of nitrogens with zero attached hydrogens (tertiary/aromatic N) is 2. The third kappa shape index (κ3) is 3.95. The van der Waals surface area contributed by atoms with Crippen molar-refractivity contribution < 1.29 is 9.13 Å². The smallest absolute Gasteiger partial charge is 0.231 e. The van der Waals surface area contributed by atoms with E-state index in [0.29, 0.717) is 21.7 Å². The molecule has 0 bridgehead atoms. The molecular formula is C22H17Cl2FN2OS. The summed E-state index contributed by atoms with van der Waals surface area (Å²) in [5, 5.41) is 1.72. The molecule has 0 spiro atoms. The molecule has 148 valence electrons. The molecule has 2 aromatic carbocycles. The Morgan fingerprint density at radius 1 is 1.00 bits per heavy atom. The van der Waals surface area contributed by atoms with Crippen molar-refractivity contribution >= 4 is 44.8 Å². The first-order valence-corrected chi connectivity index (χ1v) is 10.5. The van der Waals surface area contributed by atoms with Crippen LogP contribution in [0, 0.1) is 5.82 Å². The van der Waals surface area contributed by atoms with Crippen LogP contribution in [-0.2, 0) is 5.41 Å². The van der Waals surface area contributed by atoms with Gasteiger partial charge in [0.05, 0.1) is 15.4 Å². The number of thiophene rings is 1. The molecule has 2 aromatic heterocycles. The van der Waals surface area contributed by atoms with E-state index in [0.717, 1.165) is 26.2 Å². The average Bonchev–Trinajstić information content (AvgIpc) is 3.05. The normalized spacial score (nSPS) is 11.8. The first kappa shape index (κ1) is 20.1. The molecule has 0 aliphatic heterocycles. The van der Waals surface area contributed by atoms with Crippen LogP contribution in [0.4, 0.5) is 4.39 Å². The van der Waals surface area contributed by atoms with Crippen LogP contribution in [0.5, 0.6) is 11.6 Å². The molecule has 3 nitrogen and oxygen atoms in total. The summed E-state index contributed by atoms with van der Waals surface area (Å²) in [5.74, 6) is 0.361. The van der Waals surface area contributed by atoms with Crippen molar-refractivity contribution in [2.24, 2.45) is 0 Å². The van der Waals surface area contributed by atoms with Crippen LogP contribution in [0.25, 0.3) is 21.3 Å². The van der Waals surface area contributed by atoms with Crippen LogP contribution < -0.4 is 4.74 Å². The summed E-state index contributed by atoms with van der Waals surface area (Å²) >= 11 is 14.0. The van der Waals surface area contributed by atoms with E-state index >= 15 is 0 Å². The van der Waals surface area contributed by atoms with Crippen molar-refractivity contribution in [1.82, 2.24) is 9.97 Å². The summed E-state index contributed by atoms with van der Waals surface area (Å²) in [4.78, 5) is 10.7. The lowest BCUT2D eigenvalue weighted by molar-refractivity contribution is 0.463. The maximum atomic E-state index is 13.6. The van der Waals surface area contributed by atoms with Gasteiger partial charge in [-0.3, -0.25) is 0 Å². The van der Waals surface area contributed by atoms with Crippen LogP contribution in [0.1, 0.15) is 25.6 Å². The Kier molecular flexibility index (Phi) is 5.23. The number of hydrogen-bond acceptors (Lipinski definition) is 4. The number of ether oxygens (including phenoxy) is 1. The van der Waals surface area contributed by atoms with Gasteiger partial charge in [0.2, 0.25) is 5.88 Å². The van der Waals surface area contributed by atoms with Gasteiger partial charge in [-0.2, -0.15) is 0 Å². The molecule has 0 fully saturated rings. The lowest BCUT2D eigenvalue weighted by Crippen LogP contribution is -2.10. The summed E-state index contributed by atoms with van der Waals surface area (Å²) in [6, 6.07) is 11.5.